The highest BCUT2D eigenvalue weighted by molar-refractivity contribution is 5.94. The Morgan fingerprint density at radius 2 is 2.12 bits per heavy atom. The summed E-state index contributed by atoms with van der Waals surface area (Å²) in [6, 6.07) is 4.94. The summed E-state index contributed by atoms with van der Waals surface area (Å²) >= 11 is 0. The molecule has 1 aliphatic heterocycles. The predicted octanol–water partition coefficient (Wildman–Crippen LogP) is 2.71. The van der Waals surface area contributed by atoms with Crippen LogP contribution in [0.1, 0.15) is 33.6 Å². The van der Waals surface area contributed by atoms with Gasteiger partial charge in [0.1, 0.15) is 5.60 Å². The van der Waals surface area contributed by atoms with Crippen LogP contribution in [0, 0.1) is 5.92 Å². The molecule has 8 heteroatoms. The molecule has 2 heterocycles. The predicted molar refractivity (Wildman–Crippen MR) is 96.0 cm³/mol. The summed E-state index contributed by atoms with van der Waals surface area (Å²) in [6.07, 6.45) is 1.05. The van der Waals surface area contributed by atoms with E-state index < -0.39 is 17.5 Å². The maximum atomic E-state index is 12.6. The van der Waals surface area contributed by atoms with Crippen molar-refractivity contribution < 1.29 is 18.7 Å². The van der Waals surface area contributed by atoms with Crippen LogP contribution in [0.2, 0.25) is 0 Å². The van der Waals surface area contributed by atoms with Crippen LogP contribution in [0.4, 0.5) is 10.5 Å². The number of nitrogens with zero attached hydrogens (tertiary/aromatic N) is 1. The number of hydrogen-bond acceptors (Lipinski definition) is 5. The number of benzene rings is 1. The van der Waals surface area contributed by atoms with Gasteiger partial charge in [-0.1, -0.05) is 0 Å². The summed E-state index contributed by atoms with van der Waals surface area (Å²) in [4.78, 5) is 40.1. The van der Waals surface area contributed by atoms with Crippen LogP contribution in [0.25, 0.3) is 11.1 Å². The minimum absolute atomic E-state index is 0.163. The molecule has 3 rings (SSSR count). The summed E-state index contributed by atoms with van der Waals surface area (Å²) < 4.78 is 10.3. The van der Waals surface area contributed by atoms with Crippen molar-refractivity contribution in [3.8, 4) is 0 Å². The van der Waals surface area contributed by atoms with E-state index >= 15 is 0 Å². The number of H-pyrrole nitrogens is 1. The molecule has 0 saturated carbocycles. The van der Waals surface area contributed by atoms with Gasteiger partial charge >= 0.3 is 11.8 Å². The molecule has 0 radical (unpaired) electrons. The Bertz CT molecular complexity index is 877. The quantitative estimate of drug-likeness (QED) is 0.856. The van der Waals surface area contributed by atoms with Crippen molar-refractivity contribution in [2.75, 3.05) is 18.4 Å². The molecule has 140 valence electrons. The van der Waals surface area contributed by atoms with Crippen LogP contribution in [0.5, 0.6) is 0 Å². The topological polar surface area (TPSA) is 105 Å². The first-order valence-electron chi connectivity index (χ1n) is 8.63. The van der Waals surface area contributed by atoms with E-state index in [1.165, 1.54) is 0 Å². The van der Waals surface area contributed by atoms with E-state index in [2.05, 4.69) is 10.3 Å². The van der Waals surface area contributed by atoms with Gasteiger partial charge < -0.3 is 19.4 Å². The fraction of sp³-hybridized carbons (Fsp3) is 0.500. The Labute approximate surface area is 150 Å². The van der Waals surface area contributed by atoms with Gasteiger partial charge in [0, 0.05) is 18.8 Å². The molecular weight excluding hydrogens is 338 g/mol. The monoisotopic (exact) mass is 361 g/mol. The van der Waals surface area contributed by atoms with E-state index in [-0.39, 0.29) is 11.8 Å². The number of anilines is 1. The second-order valence-corrected chi connectivity index (χ2v) is 7.48. The maximum absolute atomic E-state index is 12.6. The number of rotatable bonds is 2. The van der Waals surface area contributed by atoms with Crippen molar-refractivity contribution in [1.82, 2.24) is 9.88 Å². The van der Waals surface area contributed by atoms with Crippen molar-refractivity contribution in [2.24, 2.45) is 5.92 Å². The van der Waals surface area contributed by atoms with Crippen LogP contribution < -0.4 is 11.1 Å². The van der Waals surface area contributed by atoms with Crippen molar-refractivity contribution in [2.45, 2.75) is 39.2 Å². The van der Waals surface area contributed by atoms with E-state index in [1.54, 1.807) is 23.1 Å². The lowest BCUT2D eigenvalue weighted by Crippen LogP contribution is -2.45. The first-order valence-corrected chi connectivity index (χ1v) is 8.63. The van der Waals surface area contributed by atoms with E-state index in [0.29, 0.717) is 36.3 Å². The highest BCUT2D eigenvalue weighted by Gasteiger charge is 2.31. The minimum atomic E-state index is -0.566. The third kappa shape index (κ3) is 4.25. The van der Waals surface area contributed by atoms with Gasteiger partial charge in [-0.05, 0) is 51.8 Å². The summed E-state index contributed by atoms with van der Waals surface area (Å²) in [5, 5.41) is 2.84. The number of amides is 2. The molecule has 0 unspecified atom stereocenters. The van der Waals surface area contributed by atoms with Crippen molar-refractivity contribution >= 4 is 28.8 Å². The Balaban J connectivity index is 1.64. The molecule has 1 aromatic carbocycles. The van der Waals surface area contributed by atoms with Gasteiger partial charge in [0.25, 0.3) is 0 Å². The van der Waals surface area contributed by atoms with Crippen molar-refractivity contribution in [3.05, 3.63) is 28.7 Å². The summed E-state index contributed by atoms with van der Waals surface area (Å²) in [7, 11) is 0. The number of carbonyl (C=O) groups excluding carboxylic acids is 2. The zero-order chi connectivity index (χ0) is 18.9. The van der Waals surface area contributed by atoms with Crippen LogP contribution in [0.15, 0.2) is 27.4 Å². The fourth-order valence-electron chi connectivity index (χ4n) is 2.96. The summed E-state index contributed by atoms with van der Waals surface area (Å²) in [5.74, 6) is -1.01. The molecule has 26 heavy (non-hydrogen) atoms. The zero-order valence-electron chi connectivity index (χ0n) is 15.1. The average molecular weight is 361 g/mol. The Morgan fingerprint density at radius 1 is 1.35 bits per heavy atom. The summed E-state index contributed by atoms with van der Waals surface area (Å²) in [5.41, 5.74) is 0.950. The van der Waals surface area contributed by atoms with Crippen molar-refractivity contribution in [3.63, 3.8) is 0 Å². The van der Waals surface area contributed by atoms with Gasteiger partial charge in [-0.3, -0.25) is 9.78 Å². The number of carbonyl (C=O) groups is 2. The maximum Gasteiger partial charge on any atom is 0.417 e. The number of likely N-dealkylation sites (tertiary alicyclic amines) is 1. The average Bonchev–Trinajstić information content (AvgIpc) is 2.92. The summed E-state index contributed by atoms with van der Waals surface area (Å²) in [6.45, 7) is 6.35. The Kier molecular flexibility index (Phi) is 4.76. The number of aromatic nitrogens is 1. The van der Waals surface area contributed by atoms with E-state index in [1.807, 2.05) is 20.8 Å². The van der Waals surface area contributed by atoms with Gasteiger partial charge in [0.05, 0.1) is 11.4 Å². The lowest BCUT2D eigenvalue weighted by atomic mass is 9.97. The molecule has 2 N–H and O–H groups in total. The largest absolute Gasteiger partial charge is 0.444 e. The van der Waals surface area contributed by atoms with Crippen LogP contribution in [-0.2, 0) is 9.53 Å². The number of oxazole rings is 1. The Hall–Kier alpha value is -2.77. The second-order valence-electron chi connectivity index (χ2n) is 7.48. The van der Waals surface area contributed by atoms with Crippen LogP contribution in [0.3, 0.4) is 0 Å². The number of nitrogens with one attached hydrogen (secondary N) is 2. The smallest absolute Gasteiger partial charge is 0.417 e. The van der Waals surface area contributed by atoms with Gasteiger partial charge in [-0.25, -0.2) is 9.59 Å². The van der Waals surface area contributed by atoms with Crippen LogP contribution >= 0.6 is 0 Å². The standard InChI is InChI=1S/C18H23N3O5/c1-18(2,3)26-17(24)21-8-4-5-11(10-21)15(22)19-12-6-7-14-13(9-12)20-16(23)25-14/h6-7,9,11H,4-5,8,10H2,1-3H3,(H,19,22)(H,20,23)/t11-/m0/s1. The lowest BCUT2D eigenvalue weighted by Gasteiger charge is -2.33. The number of ether oxygens (including phenoxy) is 1. The molecule has 2 amide bonds. The molecule has 8 nitrogen and oxygen atoms in total. The highest BCUT2D eigenvalue weighted by Crippen LogP contribution is 2.22. The third-order valence-corrected chi connectivity index (χ3v) is 4.13. The zero-order valence-corrected chi connectivity index (χ0v) is 15.1. The molecule has 0 bridgehead atoms. The number of hydrogen-bond donors (Lipinski definition) is 2. The molecule has 0 aliphatic carbocycles. The van der Waals surface area contributed by atoms with Gasteiger partial charge in [0.15, 0.2) is 5.58 Å². The van der Waals surface area contributed by atoms with E-state index in [0.717, 1.165) is 6.42 Å². The molecule has 1 aromatic heterocycles. The van der Waals surface area contributed by atoms with E-state index in [4.69, 9.17) is 9.15 Å². The molecule has 0 spiro atoms. The second kappa shape index (κ2) is 6.86. The highest BCUT2D eigenvalue weighted by atomic mass is 16.6. The number of fused-ring (bicyclic) bond motifs is 1. The molecule has 1 fully saturated rings. The fourth-order valence-corrected chi connectivity index (χ4v) is 2.96. The van der Waals surface area contributed by atoms with Gasteiger partial charge in [0.2, 0.25) is 5.91 Å². The minimum Gasteiger partial charge on any atom is -0.444 e. The molecule has 1 saturated heterocycles. The number of piperidine rings is 1. The molecule has 1 aliphatic rings. The molecule has 2 aromatic rings. The SMILES string of the molecule is CC(C)(C)OC(=O)N1CCC[C@H](C(=O)Nc2ccc3oc(=O)[nH]c3c2)C1. The first-order chi connectivity index (χ1) is 12.2. The van der Waals surface area contributed by atoms with Gasteiger partial charge in [-0.15, -0.1) is 0 Å². The number of aromatic amines is 1. The Morgan fingerprint density at radius 3 is 2.85 bits per heavy atom. The van der Waals surface area contributed by atoms with Crippen molar-refractivity contribution in [1.29, 1.82) is 0 Å². The van der Waals surface area contributed by atoms with E-state index in [9.17, 15) is 14.4 Å². The van der Waals surface area contributed by atoms with Crippen LogP contribution in [-0.4, -0.2) is 40.6 Å². The third-order valence-electron chi connectivity index (χ3n) is 4.13. The molecule has 1 atom stereocenters. The first kappa shape index (κ1) is 18.0. The van der Waals surface area contributed by atoms with Gasteiger partial charge in [-0.2, -0.15) is 0 Å². The normalized spacial score (nSPS) is 18.0. The molecular formula is C18H23N3O5. The lowest BCUT2D eigenvalue weighted by molar-refractivity contribution is -0.121.